The first-order chi connectivity index (χ1) is 10.6. The van der Waals surface area contributed by atoms with Crippen molar-refractivity contribution in [2.24, 2.45) is 0 Å². The molecule has 0 radical (unpaired) electrons. The van der Waals surface area contributed by atoms with E-state index in [0.29, 0.717) is 6.54 Å². The Morgan fingerprint density at radius 2 is 1.50 bits per heavy atom. The number of hydrogen-bond acceptors (Lipinski definition) is 3. The lowest BCUT2D eigenvalue weighted by atomic mass is 10.1. The largest absolute Gasteiger partial charge is 0.354 e. The Morgan fingerprint density at radius 3 is 2.00 bits per heavy atom. The van der Waals surface area contributed by atoms with E-state index in [1.165, 1.54) is 51.4 Å². The highest BCUT2D eigenvalue weighted by molar-refractivity contribution is 6.15. The fraction of sp³-hybridized carbons (Fsp3) is 0.812. The molecule has 6 nitrogen and oxygen atoms in total. The Hall–Kier alpha value is -1.59. The topological polar surface area (TPSA) is 87.3 Å². The van der Waals surface area contributed by atoms with E-state index >= 15 is 0 Å². The molecule has 3 N–H and O–H groups in total. The SMILES string of the molecule is CCCCCCCCCCCCNC(=O)C1NC(=O)NC1=O. The highest BCUT2D eigenvalue weighted by Crippen LogP contribution is 2.10. The average molecular weight is 311 g/mol. The van der Waals surface area contributed by atoms with Crippen LogP contribution < -0.4 is 16.0 Å². The zero-order valence-electron chi connectivity index (χ0n) is 13.6. The number of carbonyl (C=O) groups excluding carboxylic acids is 3. The summed E-state index contributed by atoms with van der Waals surface area (Å²) in [5.74, 6) is -1.01. The zero-order chi connectivity index (χ0) is 16.2. The molecule has 1 saturated heterocycles. The van der Waals surface area contributed by atoms with E-state index in [0.717, 1.165) is 12.8 Å². The van der Waals surface area contributed by atoms with Crippen LogP contribution in [0, 0.1) is 0 Å². The minimum absolute atomic E-state index is 0.431. The predicted molar refractivity (Wildman–Crippen MR) is 85.3 cm³/mol. The van der Waals surface area contributed by atoms with Gasteiger partial charge >= 0.3 is 6.03 Å². The Kier molecular flexibility index (Phi) is 9.26. The quantitative estimate of drug-likeness (QED) is 0.293. The summed E-state index contributed by atoms with van der Waals surface area (Å²) in [5, 5.41) is 7.01. The summed E-state index contributed by atoms with van der Waals surface area (Å²) in [5.41, 5.74) is 0. The number of hydrogen-bond donors (Lipinski definition) is 3. The second kappa shape index (κ2) is 11.0. The van der Waals surface area contributed by atoms with E-state index in [-0.39, 0.29) is 0 Å². The number of unbranched alkanes of at least 4 members (excludes halogenated alkanes) is 9. The molecule has 0 aliphatic carbocycles. The van der Waals surface area contributed by atoms with E-state index in [1.54, 1.807) is 0 Å². The van der Waals surface area contributed by atoms with Crippen molar-refractivity contribution in [1.29, 1.82) is 0 Å². The molecule has 1 aliphatic rings. The van der Waals surface area contributed by atoms with Crippen molar-refractivity contribution in [3.63, 3.8) is 0 Å². The Bertz CT molecular complexity index is 372. The minimum atomic E-state index is -1.07. The van der Waals surface area contributed by atoms with Crippen LogP contribution in [0.5, 0.6) is 0 Å². The van der Waals surface area contributed by atoms with Crippen molar-refractivity contribution < 1.29 is 14.4 Å². The van der Waals surface area contributed by atoms with Gasteiger partial charge in [-0.05, 0) is 6.42 Å². The third-order valence-electron chi connectivity index (χ3n) is 3.87. The van der Waals surface area contributed by atoms with E-state index in [9.17, 15) is 14.4 Å². The fourth-order valence-corrected chi connectivity index (χ4v) is 2.53. The lowest BCUT2D eigenvalue weighted by molar-refractivity contribution is -0.129. The van der Waals surface area contributed by atoms with E-state index in [1.807, 2.05) is 5.32 Å². The van der Waals surface area contributed by atoms with Crippen LogP contribution in [0.3, 0.4) is 0 Å². The summed E-state index contributed by atoms with van der Waals surface area (Å²) in [4.78, 5) is 33.9. The molecule has 1 atom stereocenters. The van der Waals surface area contributed by atoms with Crippen LogP contribution in [0.1, 0.15) is 71.1 Å². The molecule has 1 aliphatic heterocycles. The summed E-state index contributed by atoms with van der Waals surface area (Å²) in [6, 6.07) is -1.68. The first-order valence-electron chi connectivity index (χ1n) is 8.54. The number of carbonyl (C=O) groups is 3. The van der Waals surface area contributed by atoms with Gasteiger partial charge in [-0.1, -0.05) is 64.7 Å². The van der Waals surface area contributed by atoms with Crippen molar-refractivity contribution in [3.8, 4) is 0 Å². The van der Waals surface area contributed by atoms with Crippen molar-refractivity contribution in [2.45, 2.75) is 77.2 Å². The molecule has 0 aromatic rings. The summed E-state index contributed by atoms with van der Waals surface area (Å²) in [6.45, 7) is 2.78. The van der Waals surface area contributed by atoms with Gasteiger partial charge in [-0.15, -0.1) is 0 Å². The van der Waals surface area contributed by atoms with Crippen molar-refractivity contribution in [2.75, 3.05) is 6.54 Å². The first kappa shape index (κ1) is 18.5. The van der Waals surface area contributed by atoms with Gasteiger partial charge < -0.3 is 10.6 Å². The molecular formula is C16H29N3O3. The molecule has 1 unspecified atom stereocenters. The van der Waals surface area contributed by atoms with Crippen LogP contribution >= 0.6 is 0 Å². The van der Waals surface area contributed by atoms with Crippen molar-refractivity contribution in [1.82, 2.24) is 16.0 Å². The van der Waals surface area contributed by atoms with Crippen molar-refractivity contribution >= 4 is 17.8 Å². The van der Waals surface area contributed by atoms with Gasteiger partial charge in [0.05, 0.1) is 0 Å². The Labute approximate surface area is 132 Å². The van der Waals surface area contributed by atoms with Crippen LogP contribution in [0.4, 0.5) is 4.79 Å². The summed E-state index contributed by atoms with van der Waals surface area (Å²) in [7, 11) is 0. The average Bonchev–Trinajstić information content (AvgIpc) is 2.83. The number of imide groups is 1. The molecular weight excluding hydrogens is 282 g/mol. The van der Waals surface area contributed by atoms with Crippen LogP contribution in [0.25, 0.3) is 0 Å². The molecule has 6 heteroatoms. The van der Waals surface area contributed by atoms with Gasteiger partial charge in [0.2, 0.25) is 0 Å². The first-order valence-corrected chi connectivity index (χ1v) is 8.54. The van der Waals surface area contributed by atoms with E-state index in [4.69, 9.17) is 0 Å². The lowest BCUT2D eigenvalue weighted by Gasteiger charge is -2.08. The zero-order valence-corrected chi connectivity index (χ0v) is 13.6. The highest BCUT2D eigenvalue weighted by atomic mass is 16.2. The summed E-state index contributed by atoms with van der Waals surface area (Å²) in [6.07, 6.45) is 12.4. The second-order valence-corrected chi connectivity index (χ2v) is 5.87. The second-order valence-electron chi connectivity index (χ2n) is 5.87. The number of rotatable bonds is 12. The molecule has 22 heavy (non-hydrogen) atoms. The van der Waals surface area contributed by atoms with Crippen LogP contribution in [0.2, 0.25) is 0 Å². The third kappa shape index (κ3) is 7.43. The van der Waals surface area contributed by atoms with Crippen LogP contribution in [-0.4, -0.2) is 30.4 Å². The minimum Gasteiger partial charge on any atom is -0.354 e. The molecule has 1 rings (SSSR count). The van der Waals surface area contributed by atoms with Gasteiger partial charge in [-0.25, -0.2) is 4.79 Å². The molecule has 4 amide bonds. The molecule has 0 aromatic heterocycles. The van der Waals surface area contributed by atoms with Crippen LogP contribution in [-0.2, 0) is 9.59 Å². The molecule has 126 valence electrons. The normalized spacial score (nSPS) is 17.2. The van der Waals surface area contributed by atoms with E-state index < -0.39 is 23.9 Å². The number of urea groups is 1. The maximum Gasteiger partial charge on any atom is 0.322 e. The van der Waals surface area contributed by atoms with Gasteiger partial charge in [0.25, 0.3) is 11.8 Å². The highest BCUT2D eigenvalue weighted by Gasteiger charge is 2.35. The lowest BCUT2D eigenvalue weighted by Crippen LogP contribution is -2.45. The maximum absolute atomic E-state index is 11.7. The molecule has 0 saturated carbocycles. The molecule has 1 fully saturated rings. The van der Waals surface area contributed by atoms with Crippen LogP contribution in [0.15, 0.2) is 0 Å². The summed E-state index contributed by atoms with van der Waals surface area (Å²) >= 11 is 0. The molecule has 0 aromatic carbocycles. The van der Waals surface area contributed by atoms with Crippen molar-refractivity contribution in [3.05, 3.63) is 0 Å². The molecule has 0 bridgehead atoms. The maximum atomic E-state index is 11.7. The van der Waals surface area contributed by atoms with Gasteiger partial charge in [0, 0.05) is 6.54 Å². The fourth-order valence-electron chi connectivity index (χ4n) is 2.53. The molecule has 1 heterocycles. The monoisotopic (exact) mass is 311 g/mol. The Balaban J connectivity index is 1.90. The van der Waals surface area contributed by atoms with Gasteiger partial charge in [-0.3, -0.25) is 14.9 Å². The van der Waals surface area contributed by atoms with Gasteiger partial charge in [-0.2, -0.15) is 0 Å². The number of amides is 4. The number of nitrogens with one attached hydrogen (secondary N) is 3. The third-order valence-corrected chi connectivity index (χ3v) is 3.87. The van der Waals surface area contributed by atoms with Gasteiger partial charge in [0.1, 0.15) is 0 Å². The van der Waals surface area contributed by atoms with Gasteiger partial charge in [0.15, 0.2) is 6.04 Å². The smallest absolute Gasteiger partial charge is 0.322 e. The molecule has 0 spiro atoms. The predicted octanol–water partition coefficient (Wildman–Crippen LogP) is 2.23. The Morgan fingerprint density at radius 1 is 0.955 bits per heavy atom. The summed E-state index contributed by atoms with van der Waals surface area (Å²) < 4.78 is 0. The standard InChI is InChI=1S/C16H29N3O3/c1-2-3-4-5-6-7-8-9-10-11-12-17-14(20)13-15(21)19-16(22)18-13/h13H,2-12H2,1H3,(H,17,20)(H2,18,19,21,22). The van der Waals surface area contributed by atoms with E-state index in [2.05, 4.69) is 17.6 Å².